The lowest BCUT2D eigenvalue weighted by Crippen LogP contribution is -2.38. The first-order valence-corrected chi connectivity index (χ1v) is 11.0. The summed E-state index contributed by atoms with van der Waals surface area (Å²) in [4.78, 5) is 18.6. The van der Waals surface area contributed by atoms with Crippen LogP contribution in [0.25, 0.3) is 10.6 Å². The highest BCUT2D eigenvalue weighted by atomic mass is 32.2. The molecule has 1 fully saturated rings. The average molecular weight is 379 g/mol. The Kier molecular flexibility index (Phi) is 4.97. The number of benzene rings is 1. The van der Waals surface area contributed by atoms with E-state index in [0.717, 1.165) is 10.6 Å². The molecule has 134 valence electrons. The molecule has 0 saturated carbocycles. The van der Waals surface area contributed by atoms with Crippen molar-refractivity contribution in [2.45, 2.75) is 32.2 Å². The number of carbonyl (C=O) groups excluding carboxylic acids is 1. The smallest absolute Gasteiger partial charge is 0.273 e. The summed E-state index contributed by atoms with van der Waals surface area (Å²) in [5, 5.41) is 2.54. The third kappa shape index (κ3) is 3.93. The van der Waals surface area contributed by atoms with Gasteiger partial charge in [-0.15, -0.1) is 11.3 Å². The predicted octanol–water partition coefficient (Wildman–Crippen LogP) is 3.19. The summed E-state index contributed by atoms with van der Waals surface area (Å²) in [6, 6.07) is 7.95. The zero-order chi connectivity index (χ0) is 18.2. The second kappa shape index (κ2) is 6.88. The fourth-order valence-electron chi connectivity index (χ4n) is 2.94. The van der Waals surface area contributed by atoms with Gasteiger partial charge in [-0.3, -0.25) is 4.79 Å². The molecule has 1 aromatic heterocycles. The zero-order valence-electron chi connectivity index (χ0n) is 14.6. The van der Waals surface area contributed by atoms with Gasteiger partial charge in [0.1, 0.15) is 10.7 Å². The van der Waals surface area contributed by atoms with Crippen molar-refractivity contribution in [3.63, 3.8) is 0 Å². The van der Waals surface area contributed by atoms with E-state index in [4.69, 9.17) is 0 Å². The third-order valence-corrected chi connectivity index (χ3v) is 7.27. The minimum absolute atomic E-state index is 0.0445. The Morgan fingerprint density at radius 3 is 2.52 bits per heavy atom. The van der Waals surface area contributed by atoms with Crippen LogP contribution in [0.4, 0.5) is 0 Å². The normalized spacial score (nSPS) is 19.3. The topological polar surface area (TPSA) is 67.3 Å². The lowest BCUT2D eigenvalue weighted by Gasteiger charge is -2.22. The Labute approximate surface area is 152 Å². The van der Waals surface area contributed by atoms with Crippen LogP contribution in [0, 0.1) is 0 Å². The lowest BCUT2D eigenvalue weighted by atomic mass is 10.0. The van der Waals surface area contributed by atoms with Crippen LogP contribution in [0.3, 0.4) is 0 Å². The van der Waals surface area contributed by atoms with Crippen LogP contribution >= 0.6 is 11.3 Å². The molecule has 1 aromatic carbocycles. The number of sulfone groups is 1. The molecule has 1 amide bonds. The van der Waals surface area contributed by atoms with Gasteiger partial charge in [-0.1, -0.05) is 38.1 Å². The number of hydrogen-bond acceptors (Lipinski definition) is 5. The Hall–Kier alpha value is -1.73. The van der Waals surface area contributed by atoms with Crippen LogP contribution in [0.5, 0.6) is 0 Å². The van der Waals surface area contributed by atoms with Gasteiger partial charge >= 0.3 is 0 Å². The lowest BCUT2D eigenvalue weighted by molar-refractivity contribution is 0.0742. The van der Waals surface area contributed by atoms with Gasteiger partial charge in [-0.2, -0.15) is 0 Å². The molecule has 0 bridgehead atoms. The maximum atomic E-state index is 12.6. The maximum absolute atomic E-state index is 12.6. The third-order valence-electron chi connectivity index (χ3n) is 4.62. The molecule has 0 spiro atoms. The SMILES string of the molecule is CC(C)c1ccc(-c2nc(C(=O)N(C)C3CCS(=O)(=O)C3)cs2)cc1. The van der Waals surface area contributed by atoms with Gasteiger partial charge in [-0.05, 0) is 17.9 Å². The quantitative estimate of drug-likeness (QED) is 0.819. The van der Waals surface area contributed by atoms with Gasteiger partial charge in [-0.25, -0.2) is 13.4 Å². The van der Waals surface area contributed by atoms with Gasteiger partial charge in [0.05, 0.1) is 11.5 Å². The average Bonchev–Trinajstić information content (AvgIpc) is 3.20. The number of aromatic nitrogens is 1. The summed E-state index contributed by atoms with van der Waals surface area (Å²) < 4.78 is 23.2. The van der Waals surface area contributed by atoms with Crippen LogP contribution in [0.1, 0.15) is 42.2 Å². The molecule has 1 unspecified atom stereocenters. The fourth-order valence-corrected chi connectivity index (χ4v) is 5.52. The maximum Gasteiger partial charge on any atom is 0.273 e. The Morgan fingerprint density at radius 1 is 1.28 bits per heavy atom. The van der Waals surface area contributed by atoms with E-state index in [0.29, 0.717) is 18.0 Å². The molecule has 7 heteroatoms. The molecule has 0 N–H and O–H groups in total. The summed E-state index contributed by atoms with van der Waals surface area (Å²) in [5.41, 5.74) is 2.62. The minimum atomic E-state index is -3.02. The van der Waals surface area contributed by atoms with Crippen molar-refractivity contribution >= 4 is 27.1 Å². The molecular formula is C18H22N2O3S2. The molecular weight excluding hydrogens is 356 g/mol. The number of amides is 1. The van der Waals surface area contributed by atoms with E-state index in [1.54, 1.807) is 12.4 Å². The van der Waals surface area contributed by atoms with Crippen molar-refractivity contribution in [3.05, 3.63) is 40.9 Å². The van der Waals surface area contributed by atoms with Crippen molar-refractivity contribution in [2.24, 2.45) is 0 Å². The Morgan fingerprint density at radius 2 is 1.96 bits per heavy atom. The number of thiazole rings is 1. The van der Waals surface area contributed by atoms with E-state index in [9.17, 15) is 13.2 Å². The Bertz CT molecular complexity index is 870. The summed E-state index contributed by atoms with van der Waals surface area (Å²) in [6.45, 7) is 4.29. The van der Waals surface area contributed by atoms with Crippen LogP contribution in [0.2, 0.25) is 0 Å². The van der Waals surface area contributed by atoms with Crippen molar-refractivity contribution in [3.8, 4) is 10.6 Å². The van der Waals surface area contributed by atoms with E-state index in [2.05, 4.69) is 31.0 Å². The monoisotopic (exact) mass is 378 g/mol. The number of nitrogens with zero attached hydrogens (tertiary/aromatic N) is 2. The van der Waals surface area contributed by atoms with Crippen molar-refractivity contribution in [1.29, 1.82) is 0 Å². The number of carbonyl (C=O) groups is 1. The van der Waals surface area contributed by atoms with Crippen molar-refractivity contribution in [2.75, 3.05) is 18.6 Å². The molecule has 2 aromatic rings. The highest BCUT2D eigenvalue weighted by molar-refractivity contribution is 7.91. The molecule has 1 aliphatic heterocycles. The van der Waals surface area contributed by atoms with Crippen LogP contribution in [-0.2, 0) is 9.84 Å². The van der Waals surface area contributed by atoms with Crippen molar-refractivity contribution in [1.82, 2.24) is 9.88 Å². The highest BCUT2D eigenvalue weighted by Gasteiger charge is 2.33. The first kappa shape index (κ1) is 18.1. The van der Waals surface area contributed by atoms with Gasteiger partial charge in [0.25, 0.3) is 5.91 Å². The molecule has 25 heavy (non-hydrogen) atoms. The van der Waals surface area contributed by atoms with E-state index < -0.39 is 9.84 Å². The van der Waals surface area contributed by atoms with Crippen LogP contribution in [-0.4, -0.2) is 48.8 Å². The molecule has 1 aliphatic rings. The molecule has 5 nitrogen and oxygen atoms in total. The molecule has 1 saturated heterocycles. The predicted molar refractivity (Wildman–Crippen MR) is 101 cm³/mol. The highest BCUT2D eigenvalue weighted by Crippen LogP contribution is 2.27. The van der Waals surface area contributed by atoms with E-state index >= 15 is 0 Å². The largest absolute Gasteiger partial charge is 0.336 e. The number of hydrogen-bond donors (Lipinski definition) is 0. The van der Waals surface area contributed by atoms with Gasteiger partial charge < -0.3 is 4.90 Å². The van der Waals surface area contributed by atoms with E-state index in [1.807, 2.05) is 12.1 Å². The summed E-state index contributed by atoms with van der Waals surface area (Å²) >= 11 is 1.43. The zero-order valence-corrected chi connectivity index (χ0v) is 16.2. The Balaban J connectivity index is 1.75. The van der Waals surface area contributed by atoms with Gasteiger partial charge in [0.15, 0.2) is 9.84 Å². The molecule has 2 heterocycles. The number of rotatable bonds is 4. The van der Waals surface area contributed by atoms with Crippen LogP contribution < -0.4 is 0 Å². The molecule has 1 atom stereocenters. The minimum Gasteiger partial charge on any atom is -0.336 e. The first-order chi connectivity index (χ1) is 11.8. The van der Waals surface area contributed by atoms with Crippen LogP contribution in [0.15, 0.2) is 29.6 Å². The standard InChI is InChI=1S/C18H22N2O3S2/c1-12(2)13-4-6-14(7-5-13)17-19-16(10-24-17)18(21)20(3)15-8-9-25(22,23)11-15/h4-7,10,12,15H,8-9,11H2,1-3H3. The summed E-state index contributed by atoms with van der Waals surface area (Å²) in [7, 11) is -1.36. The molecule has 0 radical (unpaired) electrons. The summed E-state index contributed by atoms with van der Waals surface area (Å²) in [5.74, 6) is 0.449. The fraction of sp³-hybridized carbons (Fsp3) is 0.444. The second-order valence-electron chi connectivity index (χ2n) is 6.79. The summed E-state index contributed by atoms with van der Waals surface area (Å²) in [6.07, 6.45) is 0.498. The van der Waals surface area contributed by atoms with E-state index in [1.165, 1.54) is 21.8 Å². The van der Waals surface area contributed by atoms with E-state index in [-0.39, 0.29) is 23.5 Å². The first-order valence-electron chi connectivity index (χ1n) is 8.30. The molecule has 3 rings (SSSR count). The van der Waals surface area contributed by atoms with Gasteiger partial charge in [0, 0.05) is 24.0 Å². The van der Waals surface area contributed by atoms with Crippen molar-refractivity contribution < 1.29 is 13.2 Å². The second-order valence-corrected chi connectivity index (χ2v) is 9.87. The molecule has 0 aliphatic carbocycles. The van der Waals surface area contributed by atoms with Gasteiger partial charge in [0.2, 0.25) is 0 Å².